The second-order valence-electron chi connectivity index (χ2n) is 6.53. The molecule has 0 bridgehead atoms. The number of hydrogen-bond acceptors (Lipinski definition) is 3. The summed E-state index contributed by atoms with van der Waals surface area (Å²) in [5.41, 5.74) is 1.21. The Hall–Kier alpha value is -1.29. The van der Waals surface area contributed by atoms with E-state index in [0.29, 0.717) is 23.8 Å². The Balaban J connectivity index is 1.54. The minimum atomic E-state index is 0.345. The highest BCUT2D eigenvalue weighted by atomic mass is 16.3. The van der Waals surface area contributed by atoms with E-state index in [1.54, 1.807) is 6.26 Å². The lowest BCUT2D eigenvalue weighted by molar-refractivity contribution is -0.134. The van der Waals surface area contributed by atoms with Crippen LogP contribution in [-0.2, 0) is 11.3 Å². The molecule has 0 aromatic carbocycles. The molecule has 0 radical (unpaired) electrons. The van der Waals surface area contributed by atoms with Crippen molar-refractivity contribution in [2.24, 2.45) is 11.8 Å². The van der Waals surface area contributed by atoms with Gasteiger partial charge in [0, 0.05) is 25.0 Å². The van der Waals surface area contributed by atoms with E-state index in [1.807, 2.05) is 6.07 Å². The lowest BCUT2D eigenvalue weighted by Gasteiger charge is -2.39. The molecule has 2 heterocycles. The van der Waals surface area contributed by atoms with E-state index in [-0.39, 0.29) is 0 Å². The van der Waals surface area contributed by atoms with Gasteiger partial charge < -0.3 is 14.6 Å². The number of carbonyl (C=O) groups excluding carboxylic acids is 1. The predicted octanol–water partition coefficient (Wildman–Crippen LogP) is 2.71. The molecular formula is C17H26N2O2. The van der Waals surface area contributed by atoms with E-state index < -0.39 is 0 Å². The first-order valence-corrected chi connectivity index (χ1v) is 8.24. The fourth-order valence-electron chi connectivity index (χ4n) is 3.31. The summed E-state index contributed by atoms with van der Waals surface area (Å²) in [6.45, 7) is 6.91. The minimum absolute atomic E-state index is 0.345. The molecule has 1 amide bonds. The molecule has 2 aliphatic rings. The molecule has 4 nitrogen and oxygen atoms in total. The summed E-state index contributed by atoms with van der Waals surface area (Å²) in [5, 5.41) is 3.64. The molecule has 4 heteroatoms. The Labute approximate surface area is 126 Å². The average molecular weight is 290 g/mol. The maximum atomic E-state index is 12.2. The van der Waals surface area contributed by atoms with Crippen molar-refractivity contribution in [3.8, 4) is 0 Å². The molecular weight excluding hydrogens is 264 g/mol. The molecule has 116 valence electrons. The highest BCUT2D eigenvalue weighted by molar-refractivity contribution is 5.81. The Bertz CT molecular complexity index is 493. The second-order valence-corrected chi connectivity index (χ2v) is 6.53. The molecule has 1 aromatic heterocycles. The monoisotopic (exact) mass is 290 g/mol. The Morgan fingerprint density at radius 2 is 2.24 bits per heavy atom. The van der Waals surface area contributed by atoms with Gasteiger partial charge in [0.05, 0.1) is 12.8 Å². The third-order valence-electron chi connectivity index (χ3n) is 4.99. The standard InChI is InChI=1S/C17H26N2O2/c1-3-13-11-19(17(20)14-4-5-14)8-6-15(13)18-10-16-12(2)7-9-21-16/h7,9,13-15,18H,3-6,8,10-11H2,1-2H3/t13-,15-/m0/s1. The van der Waals surface area contributed by atoms with Crippen LogP contribution in [0.5, 0.6) is 0 Å². The van der Waals surface area contributed by atoms with E-state index >= 15 is 0 Å². The molecule has 1 aromatic rings. The van der Waals surface area contributed by atoms with E-state index in [2.05, 4.69) is 24.1 Å². The first-order chi connectivity index (χ1) is 10.2. The first kappa shape index (κ1) is 14.6. The van der Waals surface area contributed by atoms with Crippen LogP contribution >= 0.6 is 0 Å². The second kappa shape index (κ2) is 6.22. The predicted molar refractivity (Wildman–Crippen MR) is 81.8 cm³/mol. The van der Waals surface area contributed by atoms with Gasteiger partial charge in [-0.1, -0.05) is 13.3 Å². The van der Waals surface area contributed by atoms with Gasteiger partial charge in [-0.3, -0.25) is 4.79 Å². The molecule has 1 aliphatic heterocycles. The summed E-state index contributed by atoms with van der Waals surface area (Å²) in [6.07, 6.45) is 6.12. The van der Waals surface area contributed by atoms with Gasteiger partial charge in [0.1, 0.15) is 5.76 Å². The zero-order chi connectivity index (χ0) is 14.8. The Morgan fingerprint density at radius 1 is 1.43 bits per heavy atom. The van der Waals surface area contributed by atoms with Crippen LogP contribution in [0.4, 0.5) is 0 Å². The molecule has 0 spiro atoms. The number of carbonyl (C=O) groups is 1. The normalized spacial score (nSPS) is 26.1. The van der Waals surface area contributed by atoms with Crippen LogP contribution in [0.25, 0.3) is 0 Å². The maximum Gasteiger partial charge on any atom is 0.225 e. The summed E-state index contributed by atoms with van der Waals surface area (Å²) in [5.74, 6) is 2.32. The summed E-state index contributed by atoms with van der Waals surface area (Å²) < 4.78 is 5.50. The van der Waals surface area contributed by atoms with Crippen LogP contribution in [0.15, 0.2) is 16.7 Å². The highest BCUT2D eigenvalue weighted by Gasteiger charge is 2.37. The molecule has 1 saturated carbocycles. The molecule has 21 heavy (non-hydrogen) atoms. The third-order valence-corrected chi connectivity index (χ3v) is 4.99. The molecule has 0 unspecified atom stereocenters. The lowest BCUT2D eigenvalue weighted by atomic mass is 9.89. The van der Waals surface area contributed by atoms with Crippen molar-refractivity contribution >= 4 is 5.91 Å². The van der Waals surface area contributed by atoms with Crippen molar-refractivity contribution in [3.05, 3.63) is 23.7 Å². The minimum Gasteiger partial charge on any atom is -0.468 e. The van der Waals surface area contributed by atoms with Crippen LogP contribution in [0.1, 0.15) is 43.9 Å². The molecule has 1 aliphatic carbocycles. The van der Waals surface area contributed by atoms with E-state index in [9.17, 15) is 4.79 Å². The number of hydrogen-bond donors (Lipinski definition) is 1. The topological polar surface area (TPSA) is 45.5 Å². The zero-order valence-corrected chi connectivity index (χ0v) is 13.1. The molecule has 2 fully saturated rings. The molecule has 3 rings (SSSR count). The third kappa shape index (κ3) is 3.31. The number of nitrogens with one attached hydrogen (secondary N) is 1. The number of furan rings is 1. The largest absolute Gasteiger partial charge is 0.468 e. The molecule has 2 atom stereocenters. The smallest absolute Gasteiger partial charge is 0.225 e. The van der Waals surface area contributed by atoms with Crippen molar-refractivity contribution < 1.29 is 9.21 Å². The Morgan fingerprint density at radius 3 is 2.86 bits per heavy atom. The van der Waals surface area contributed by atoms with Crippen LogP contribution in [-0.4, -0.2) is 29.9 Å². The van der Waals surface area contributed by atoms with Gasteiger partial charge in [-0.25, -0.2) is 0 Å². The summed E-state index contributed by atoms with van der Waals surface area (Å²) in [7, 11) is 0. The van der Waals surface area contributed by atoms with Crippen LogP contribution in [0.3, 0.4) is 0 Å². The van der Waals surface area contributed by atoms with Crippen molar-refractivity contribution in [1.29, 1.82) is 0 Å². The van der Waals surface area contributed by atoms with Gasteiger partial charge in [-0.15, -0.1) is 0 Å². The number of nitrogens with zero attached hydrogens (tertiary/aromatic N) is 1. The van der Waals surface area contributed by atoms with E-state index in [1.165, 1.54) is 5.56 Å². The van der Waals surface area contributed by atoms with Gasteiger partial charge in [0.25, 0.3) is 0 Å². The average Bonchev–Trinajstić information content (AvgIpc) is 3.27. The lowest BCUT2D eigenvalue weighted by Crippen LogP contribution is -2.51. The molecule has 1 N–H and O–H groups in total. The summed E-state index contributed by atoms with van der Waals surface area (Å²) in [4.78, 5) is 14.3. The van der Waals surface area contributed by atoms with Crippen LogP contribution < -0.4 is 5.32 Å². The van der Waals surface area contributed by atoms with Crippen molar-refractivity contribution in [3.63, 3.8) is 0 Å². The quantitative estimate of drug-likeness (QED) is 0.907. The fourth-order valence-corrected chi connectivity index (χ4v) is 3.31. The number of likely N-dealkylation sites (tertiary alicyclic amines) is 1. The van der Waals surface area contributed by atoms with Crippen molar-refractivity contribution in [2.45, 2.75) is 52.1 Å². The van der Waals surface area contributed by atoms with Gasteiger partial charge in [0.15, 0.2) is 0 Å². The maximum absolute atomic E-state index is 12.2. The number of piperidine rings is 1. The Kier molecular flexibility index (Phi) is 4.34. The number of aryl methyl sites for hydroxylation is 1. The van der Waals surface area contributed by atoms with E-state index in [4.69, 9.17) is 4.42 Å². The van der Waals surface area contributed by atoms with Crippen LogP contribution in [0, 0.1) is 18.8 Å². The molecule has 1 saturated heterocycles. The van der Waals surface area contributed by atoms with Gasteiger partial charge >= 0.3 is 0 Å². The first-order valence-electron chi connectivity index (χ1n) is 8.24. The zero-order valence-electron chi connectivity index (χ0n) is 13.1. The number of rotatable bonds is 5. The summed E-state index contributed by atoms with van der Waals surface area (Å²) in [6, 6.07) is 2.49. The van der Waals surface area contributed by atoms with Gasteiger partial charge in [-0.05, 0) is 43.7 Å². The van der Waals surface area contributed by atoms with Gasteiger partial charge in [-0.2, -0.15) is 0 Å². The number of amides is 1. The van der Waals surface area contributed by atoms with Gasteiger partial charge in [0.2, 0.25) is 5.91 Å². The fraction of sp³-hybridized carbons (Fsp3) is 0.706. The van der Waals surface area contributed by atoms with E-state index in [0.717, 1.165) is 51.1 Å². The van der Waals surface area contributed by atoms with Crippen molar-refractivity contribution in [2.75, 3.05) is 13.1 Å². The SMILES string of the molecule is CC[C@H]1CN(C(=O)C2CC2)CC[C@@H]1NCc1occc1C. The van der Waals surface area contributed by atoms with Crippen LogP contribution in [0.2, 0.25) is 0 Å². The van der Waals surface area contributed by atoms with Crippen molar-refractivity contribution in [1.82, 2.24) is 10.2 Å². The summed E-state index contributed by atoms with van der Waals surface area (Å²) >= 11 is 0. The highest BCUT2D eigenvalue weighted by Crippen LogP contribution is 2.33.